The van der Waals surface area contributed by atoms with Crippen LogP contribution in [0.3, 0.4) is 0 Å². The molecule has 3 atom stereocenters. The summed E-state index contributed by atoms with van der Waals surface area (Å²) in [7, 11) is 0. The van der Waals surface area contributed by atoms with Crippen molar-refractivity contribution in [2.24, 2.45) is 11.7 Å². The summed E-state index contributed by atoms with van der Waals surface area (Å²) >= 11 is 0. The normalized spacial score (nSPS) is 26.7. The Morgan fingerprint density at radius 1 is 1.33 bits per heavy atom. The van der Waals surface area contributed by atoms with E-state index in [-0.39, 0.29) is 5.54 Å². The third-order valence-corrected chi connectivity index (χ3v) is 5.54. The average Bonchev–Trinajstić information content (AvgIpc) is 2.54. The molecule has 0 spiro atoms. The molecule has 1 aromatic rings. The second-order valence-electron chi connectivity index (χ2n) is 6.81. The molecule has 21 heavy (non-hydrogen) atoms. The van der Waals surface area contributed by atoms with E-state index in [0.29, 0.717) is 5.92 Å². The van der Waals surface area contributed by atoms with Gasteiger partial charge in [0.25, 0.3) is 0 Å². The van der Waals surface area contributed by atoms with Crippen LogP contribution in [0.2, 0.25) is 0 Å². The van der Waals surface area contributed by atoms with Crippen LogP contribution in [0.5, 0.6) is 0 Å². The van der Waals surface area contributed by atoms with Crippen molar-refractivity contribution in [1.82, 2.24) is 4.90 Å². The Morgan fingerprint density at radius 2 is 2.05 bits per heavy atom. The predicted octanol–water partition coefficient (Wildman–Crippen LogP) is 4.11. The van der Waals surface area contributed by atoms with Gasteiger partial charge in [0.15, 0.2) is 0 Å². The molecule has 0 amide bonds. The molecule has 1 aromatic carbocycles. The lowest BCUT2D eigenvalue weighted by Crippen LogP contribution is -2.54. The van der Waals surface area contributed by atoms with Crippen molar-refractivity contribution >= 4 is 0 Å². The molecule has 0 saturated carbocycles. The lowest BCUT2D eigenvalue weighted by atomic mass is 9.71. The number of hydrogen-bond acceptors (Lipinski definition) is 2. The zero-order valence-corrected chi connectivity index (χ0v) is 14.2. The lowest BCUT2D eigenvalue weighted by Gasteiger charge is -2.49. The highest BCUT2D eigenvalue weighted by molar-refractivity contribution is 5.39. The monoisotopic (exact) mass is 288 g/mol. The lowest BCUT2D eigenvalue weighted by molar-refractivity contribution is 0.0613. The largest absolute Gasteiger partial charge is 0.328 e. The van der Waals surface area contributed by atoms with Gasteiger partial charge in [-0.05, 0) is 42.3 Å². The van der Waals surface area contributed by atoms with E-state index in [2.05, 4.69) is 56.9 Å². The van der Waals surface area contributed by atoms with E-state index in [9.17, 15) is 0 Å². The molecule has 0 radical (unpaired) electrons. The van der Waals surface area contributed by atoms with Crippen molar-refractivity contribution in [3.8, 4) is 0 Å². The zero-order valence-electron chi connectivity index (χ0n) is 14.2. The van der Waals surface area contributed by atoms with Gasteiger partial charge in [0.05, 0.1) is 5.54 Å². The van der Waals surface area contributed by atoms with Crippen molar-refractivity contribution < 1.29 is 0 Å². The van der Waals surface area contributed by atoms with Crippen LogP contribution in [0.4, 0.5) is 0 Å². The number of likely N-dealkylation sites (N-methyl/N-ethyl adjacent to an activating group) is 1. The van der Waals surface area contributed by atoms with E-state index >= 15 is 0 Å². The minimum atomic E-state index is 0.0429. The number of nitrogens with two attached hydrogens (primary N) is 1. The van der Waals surface area contributed by atoms with E-state index in [4.69, 9.17) is 5.73 Å². The maximum atomic E-state index is 6.35. The molecule has 0 aromatic heterocycles. The van der Waals surface area contributed by atoms with Gasteiger partial charge in [-0.15, -0.1) is 0 Å². The van der Waals surface area contributed by atoms with Crippen LogP contribution in [0, 0.1) is 5.92 Å². The zero-order chi connectivity index (χ0) is 15.5. The average molecular weight is 288 g/mol. The van der Waals surface area contributed by atoms with Crippen molar-refractivity contribution in [3.05, 3.63) is 35.4 Å². The van der Waals surface area contributed by atoms with E-state index in [1.807, 2.05) is 0 Å². The Labute approximate surface area is 130 Å². The molecule has 2 nitrogen and oxygen atoms in total. The molecule has 3 unspecified atom stereocenters. The van der Waals surface area contributed by atoms with Crippen LogP contribution in [-0.2, 0) is 5.54 Å². The summed E-state index contributed by atoms with van der Waals surface area (Å²) in [5, 5.41) is 0. The Hall–Kier alpha value is -0.860. The summed E-state index contributed by atoms with van der Waals surface area (Å²) in [5.41, 5.74) is 9.39. The first-order chi connectivity index (χ1) is 10.1. The molecule has 0 bridgehead atoms. The molecule has 0 saturated heterocycles. The van der Waals surface area contributed by atoms with Crippen molar-refractivity contribution in [2.45, 2.75) is 58.4 Å². The second kappa shape index (κ2) is 6.93. The molecule has 2 heteroatoms. The minimum Gasteiger partial charge on any atom is -0.328 e. The van der Waals surface area contributed by atoms with Crippen molar-refractivity contribution in [1.29, 1.82) is 0 Å². The maximum Gasteiger partial charge on any atom is 0.0586 e. The van der Waals surface area contributed by atoms with Crippen LogP contribution in [0.1, 0.15) is 64.0 Å². The van der Waals surface area contributed by atoms with Crippen LogP contribution in [-0.4, -0.2) is 24.5 Å². The van der Waals surface area contributed by atoms with Crippen molar-refractivity contribution in [3.63, 3.8) is 0 Å². The molecule has 1 aliphatic carbocycles. The summed E-state index contributed by atoms with van der Waals surface area (Å²) in [6, 6.07) is 8.98. The molecule has 118 valence electrons. The quantitative estimate of drug-likeness (QED) is 0.853. The number of hydrogen-bond donors (Lipinski definition) is 1. The van der Waals surface area contributed by atoms with Gasteiger partial charge in [-0.3, -0.25) is 4.90 Å². The van der Waals surface area contributed by atoms with E-state index in [1.54, 1.807) is 0 Å². The number of benzene rings is 1. The summed E-state index contributed by atoms with van der Waals surface area (Å²) < 4.78 is 0. The fourth-order valence-electron chi connectivity index (χ4n) is 3.88. The van der Waals surface area contributed by atoms with Gasteiger partial charge in [0.1, 0.15) is 0 Å². The molecular formula is C19H32N2. The number of nitrogens with zero attached hydrogens (tertiary/aromatic N) is 1. The highest BCUT2D eigenvalue weighted by Gasteiger charge is 2.41. The van der Waals surface area contributed by atoms with Gasteiger partial charge >= 0.3 is 0 Å². The second-order valence-corrected chi connectivity index (χ2v) is 6.81. The fourth-order valence-corrected chi connectivity index (χ4v) is 3.88. The van der Waals surface area contributed by atoms with Crippen LogP contribution in [0.15, 0.2) is 24.3 Å². The Bertz CT molecular complexity index is 457. The van der Waals surface area contributed by atoms with Gasteiger partial charge in [0, 0.05) is 13.1 Å². The SMILES string of the molecule is CCC(C)CN(CC)C1(CN)CCC(C)c2ccccc21. The van der Waals surface area contributed by atoms with Crippen LogP contribution in [0.25, 0.3) is 0 Å². The van der Waals surface area contributed by atoms with Gasteiger partial charge in [0.2, 0.25) is 0 Å². The third kappa shape index (κ3) is 3.02. The summed E-state index contributed by atoms with van der Waals surface area (Å²) in [6.45, 7) is 12.2. The van der Waals surface area contributed by atoms with Gasteiger partial charge < -0.3 is 5.73 Å². The van der Waals surface area contributed by atoms with Gasteiger partial charge in [-0.2, -0.15) is 0 Å². The summed E-state index contributed by atoms with van der Waals surface area (Å²) in [6.07, 6.45) is 3.66. The topological polar surface area (TPSA) is 29.3 Å². The van der Waals surface area contributed by atoms with Crippen LogP contribution >= 0.6 is 0 Å². The van der Waals surface area contributed by atoms with Gasteiger partial charge in [-0.25, -0.2) is 0 Å². The highest BCUT2D eigenvalue weighted by atomic mass is 15.2. The first-order valence-corrected chi connectivity index (χ1v) is 8.63. The Balaban J connectivity index is 2.43. The standard InChI is InChI=1S/C19H32N2/c1-5-15(3)13-21(6-2)19(14-20)12-11-16(4)17-9-7-8-10-18(17)19/h7-10,15-16H,5-6,11-14,20H2,1-4H3. The van der Waals surface area contributed by atoms with E-state index in [0.717, 1.165) is 25.6 Å². The third-order valence-electron chi connectivity index (χ3n) is 5.54. The summed E-state index contributed by atoms with van der Waals surface area (Å²) in [4.78, 5) is 2.64. The Morgan fingerprint density at radius 3 is 2.67 bits per heavy atom. The predicted molar refractivity (Wildman–Crippen MR) is 91.5 cm³/mol. The maximum absolute atomic E-state index is 6.35. The molecule has 0 heterocycles. The van der Waals surface area contributed by atoms with E-state index in [1.165, 1.54) is 30.4 Å². The summed E-state index contributed by atoms with van der Waals surface area (Å²) in [5.74, 6) is 1.38. The fraction of sp³-hybridized carbons (Fsp3) is 0.684. The number of fused-ring (bicyclic) bond motifs is 1. The molecular weight excluding hydrogens is 256 g/mol. The van der Waals surface area contributed by atoms with Gasteiger partial charge in [-0.1, -0.05) is 58.4 Å². The highest BCUT2D eigenvalue weighted by Crippen LogP contribution is 2.44. The molecule has 1 aliphatic rings. The molecule has 2 N–H and O–H groups in total. The Kier molecular flexibility index (Phi) is 5.45. The van der Waals surface area contributed by atoms with Crippen molar-refractivity contribution in [2.75, 3.05) is 19.6 Å². The minimum absolute atomic E-state index is 0.0429. The first-order valence-electron chi connectivity index (χ1n) is 8.63. The van der Waals surface area contributed by atoms with Crippen LogP contribution < -0.4 is 5.73 Å². The molecule has 0 fully saturated rings. The molecule has 2 rings (SSSR count). The number of rotatable bonds is 6. The first kappa shape index (κ1) is 16.5. The molecule has 0 aliphatic heterocycles. The smallest absolute Gasteiger partial charge is 0.0586 e. The van der Waals surface area contributed by atoms with E-state index < -0.39 is 0 Å².